The lowest BCUT2D eigenvalue weighted by molar-refractivity contribution is -0.138. The SMILES string of the molecule is C=C(C)C(=O)OC.C=CC(=O)OCCCC.C=CCOC(=O)C(=C)C. The maximum Gasteiger partial charge on any atom is 0.333 e. The molecular formula is C19H30O6. The van der Waals surface area contributed by atoms with Crippen molar-refractivity contribution in [2.75, 3.05) is 20.3 Å². The van der Waals surface area contributed by atoms with Gasteiger partial charge in [0.1, 0.15) is 6.61 Å². The van der Waals surface area contributed by atoms with E-state index < -0.39 is 0 Å². The molecule has 0 atom stereocenters. The van der Waals surface area contributed by atoms with Crippen molar-refractivity contribution in [2.45, 2.75) is 33.6 Å². The van der Waals surface area contributed by atoms with E-state index >= 15 is 0 Å². The molecule has 0 aliphatic rings. The highest BCUT2D eigenvalue weighted by Crippen LogP contribution is 1.90. The average molecular weight is 354 g/mol. The van der Waals surface area contributed by atoms with E-state index in [2.05, 4.69) is 40.5 Å². The average Bonchev–Trinajstić information content (AvgIpc) is 2.59. The van der Waals surface area contributed by atoms with Gasteiger partial charge in [-0.15, -0.1) is 0 Å². The molecule has 0 aromatic carbocycles. The van der Waals surface area contributed by atoms with Gasteiger partial charge in [0.25, 0.3) is 0 Å². The molecule has 0 aliphatic carbocycles. The highest BCUT2D eigenvalue weighted by Gasteiger charge is 1.98. The summed E-state index contributed by atoms with van der Waals surface area (Å²) in [5.74, 6) is -1.04. The Labute approximate surface area is 150 Å². The molecule has 0 rings (SSSR count). The fraction of sp³-hybridized carbons (Fsp3) is 0.421. The number of rotatable bonds is 8. The molecule has 0 fully saturated rings. The van der Waals surface area contributed by atoms with Crippen molar-refractivity contribution in [3.05, 3.63) is 49.6 Å². The second-order valence-electron chi connectivity index (χ2n) is 4.66. The summed E-state index contributed by atoms with van der Waals surface area (Å²) in [7, 11) is 1.33. The first kappa shape index (κ1) is 27.2. The number of ether oxygens (including phenoxy) is 3. The van der Waals surface area contributed by atoms with Crippen molar-refractivity contribution in [3.8, 4) is 0 Å². The van der Waals surface area contributed by atoms with E-state index in [1.807, 2.05) is 6.92 Å². The van der Waals surface area contributed by atoms with E-state index in [0.717, 1.165) is 12.8 Å². The van der Waals surface area contributed by atoms with E-state index in [0.29, 0.717) is 17.8 Å². The van der Waals surface area contributed by atoms with Gasteiger partial charge in [0.2, 0.25) is 0 Å². The van der Waals surface area contributed by atoms with Gasteiger partial charge in [0, 0.05) is 17.2 Å². The zero-order valence-corrected chi connectivity index (χ0v) is 15.8. The molecule has 142 valence electrons. The van der Waals surface area contributed by atoms with E-state index in [9.17, 15) is 14.4 Å². The van der Waals surface area contributed by atoms with Crippen LogP contribution in [0.15, 0.2) is 49.6 Å². The van der Waals surface area contributed by atoms with Crippen molar-refractivity contribution in [2.24, 2.45) is 0 Å². The lowest BCUT2D eigenvalue weighted by atomic mass is 10.4. The third-order valence-corrected chi connectivity index (χ3v) is 2.12. The normalized spacial score (nSPS) is 8.16. The maximum absolute atomic E-state index is 10.5. The highest BCUT2D eigenvalue weighted by molar-refractivity contribution is 5.87. The molecule has 0 spiro atoms. The Hall–Kier alpha value is -2.63. The van der Waals surface area contributed by atoms with Crippen molar-refractivity contribution in [1.29, 1.82) is 0 Å². The van der Waals surface area contributed by atoms with Crippen LogP contribution in [0.25, 0.3) is 0 Å². The van der Waals surface area contributed by atoms with Gasteiger partial charge < -0.3 is 14.2 Å². The molecule has 6 nitrogen and oxygen atoms in total. The fourth-order valence-electron chi connectivity index (χ4n) is 0.808. The number of carbonyl (C=O) groups is 3. The van der Waals surface area contributed by atoms with Crippen LogP contribution in [0.1, 0.15) is 33.6 Å². The highest BCUT2D eigenvalue weighted by atomic mass is 16.5. The predicted molar refractivity (Wildman–Crippen MR) is 98.9 cm³/mol. The van der Waals surface area contributed by atoms with Crippen LogP contribution in [0.5, 0.6) is 0 Å². The molecule has 0 amide bonds. The van der Waals surface area contributed by atoms with Gasteiger partial charge >= 0.3 is 17.9 Å². The smallest absolute Gasteiger partial charge is 0.333 e. The first-order valence-corrected chi connectivity index (χ1v) is 7.64. The molecule has 0 N–H and O–H groups in total. The largest absolute Gasteiger partial charge is 0.466 e. The number of carbonyl (C=O) groups excluding carboxylic acids is 3. The van der Waals surface area contributed by atoms with Gasteiger partial charge in [-0.3, -0.25) is 0 Å². The van der Waals surface area contributed by atoms with Crippen LogP contribution in [-0.4, -0.2) is 38.2 Å². The second-order valence-corrected chi connectivity index (χ2v) is 4.66. The summed E-state index contributed by atoms with van der Waals surface area (Å²) in [5, 5.41) is 0. The molecule has 25 heavy (non-hydrogen) atoms. The van der Waals surface area contributed by atoms with Gasteiger partial charge in [-0.1, -0.05) is 45.7 Å². The van der Waals surface area contributed by atoms with Crippen molar-refractivity contribution in [1.82, 2.24) is 0 Å². The Morgan fingerprint density at radius 2 is 1.48 bits per heavy atom. The molecule has 0 aromatic rings. The van der Waals surface area contributed by atoms with Crippen molar-refractivity contribution in [3.63, 3.8) is 0 Å². The molecule has 0 saturated heterocycles. The first-order valence-electron chi connectivity index (χ1n) is 7.64. The Morgan fingerprint density at radius 3 is 1.76 bits per heavy atom. The van der Waals surface area contributed by atoms with E-state index in [1.165, 1.54) is 19.3 Å². The van der Waals surface area contributed by atoms with Crippen LogP contribution >= 0.6 is 0 Å². The first-order chi connectivity index (χ1) is 11.7. The Morgan fingerprint density at radius 1 is 0.960 bits per heavy atom. The molecule has 6 heteroatoms. The van der Waals surface area contributed by atoms with Gasteiger partial charge in [0.15, 0.2) is 0 Å². The molecular weight excluding hydrogens is 324 g/mol. The van der Waals surface area contributed by atoms with Gasteiger partial charge in [-0.05, 0) is 20.3 Å². The van der Waals surface area contributed by atoms with Gasteiger partial charge in [-0.2, -0.15) is 0 Å². The molecule has 0 heterocycles. The number of hydrogen-bond donors (Lipinski definition) is 0. The zero-order valence-electron chi connectivity index (χ0n) is 15.8. The van der Waals surface area contributed by atoms with Crippen LogP contribution < -0.4 is 0 Å². The zero-order chi connectivity index (χ0) is 20.3. The van der Waals surface area contributed by atoms with Crippen LogP contribution in [-0.2, 0) is 28.6 Å². The standard InChI is InChI=1S/C7H10O2.C7H12O2.C5H8O2/c1-4-5-9-7(8)6(2)3;1-3-5-6-9-7(8)4-2;1-4(2)5(6)7-3/h4H,1-2,5H2,3H3;4H,2-3,5-6H2,1H3;1H2,2-3H3. The topological polar surface area (TPSA) is 78.9 Å². The number of esters is 3. The Kier molecular flexibility index (Phi) is 21.1. The van der Waals surface area contributed by atoms with Crippen LogP contribution in [0, 0.1) is 0 Å². The van der Waals surface area contributed by atoms with E-state index in [4.69, 9.17) is 0 Å². The van der Waals surface area contributed by atoms with Crippen molar-refractivity contribution >= 4 is 17.9 Å². The third-order valence-electron chi connectivity index (χ3n) is 2.12. The quantitative estimate of drug-likeness (QED) is 0.218. The van der Waals surface area contributed by atoms with Crippen LogP contribution in [0.4, 0.5) is 0 Å². The fourth-order valence-corrected chi connectivity index (χ4v) is 0.808. The molecule has 0 bridgehead atoms. The lowest BCUT2D eigenvalue weighted by Gasteiger charge is -1.97. The molecule has 0 aromatic heterocycles. The predicted octanol–water partition coefficient (Wildman–Crippen LogP) is 3.54. The maximum atomic E-state index is 10.5. The molecule has 0 saturated carbocycles. The summed E-state index contributed by atoms with van der Waals surface area (Å²) < 4.78 is 13.5. The monoisotopic (exact) mass is 354 g/mol. The van der Waals surface area contributed by atoms with Gasteiger partial charge in [-0.25, -0.2) is 14.4 Å². The summed E-state index contributed by atoms with van der Waals surface area (Å²) in [6.07, 6.45) is 4.67. The minimum absolute atomic E-state index is 0.256. The molecule has 0 radical (unpaired) electrons. The molecule has 0 unspecified atom stereocenters. The van der Waals surface area contributed by atoms with E-state index in [1.54, 1.807) is 13.8 Å². The van der Waals surface area contributed by atoms with Gasteiger partial charge in [0.05, 0.1) is 13.7 Å². The summed E-state index contributed by atoms with van der Waals surface area (Å²) in [6.45, 7) is 19.4. The number of methoxy groups -OCH3 is 1. The second kappa shape index (κ2) is 19.4. The summed E-state index contributed by atoms with van der Waals surface area (Å²) >= 11 is 0. The minimum atomic E-state index is -0.366. The number of hydrogen-bond acceptors (Lipinski definition) is 6. The minimum Gasteiger partial charge on any atom is -0.466 e. The number of unbranched alkanes of at least 4 members (excludes halogenated alkanes) is 1. The summed E-state index contributed by atoms with van der Waals surface area (Å²) in [4.78, 5) is 31.1. The molecule has 0 aliphatic heterocycles. The van der Waals surface area contributed by atoms with E-state index in [-0.39, 0.29) is 24.5 Å². The summed E-state index contributed by atoms with van der Waals surface area (Å²) in [6, 6.07) is 0. The lowest BCUT2D eigenvalue weighted by Crippen LogP contribution is -2.03. The van der Waals surface area contributed by atoms with Crippen molar-refractivity contribution < 1.29 is 28.6 Å². The summed E-state index contributed by atoms with van der Waals surface area (Å²) in [5.41, 5.74) is 0.847. The Balaban J connectivity index is -0.000000293. The van der Waals surface area contributed by atoms with Crippen LogP contribution in [0.3, 0.4) is 0 Å². The van der Waals surface area contributed by atoms with Crippen LogP contribution in [0.2, 0.25) is 0 Å². The Bertz CT molecular complexity index is 463. The third kappa shape index (κ3) is 23.8.